The molecule has 1 aromatic rings. The summed E-state index contributed by atoms with van der Waals surface area (Å²) in [5.41, 5.74) is 0.345. The molecule has 1 amide bonds. The second-order valence-electron chi connectivity index (χ2n) is 8.61. The quantitative estimate of drug-likeness (QED) is 0.645. The highest BCUT2D eigenvalue weighted by Gasteiger charge is 2.48. The third-order valence-electron chi connectivity index (χ3n) is 6.39. The number of benzene rings is 1. The van der Waals surface area contributed by atoms with Crippen LogP contribution >= 0.6 is 0 Å². The molecule has 168 valence electrons. The van der Waals surface area contributed by atoms with Gasteiger partial charge >= 0.3 is 5.97 Å². The molecule has 8 nitrogen and oxygen atoms in total. The van der Waals surface area contributed by atoms with E-state index in [-0.39, 0.29) is 12.0 Å². The van der Waals surface area contributed by atoms with Crippen LogP contribution in [0.3, 0.4) is 0 Å². The molecule has 2 atom stereocenters. The van der Waals surface area contributed by atoms with Crippen molar-refractivity contribution in [2.75, 3.05) is 20.8 Å². The van der Waals surface area contributed by atoms with Gasteiger partial charge < -0.3 is 23.9 Å². The topological polar surface area (TPSA) is 86.7 Å². The van der Waals surface area contributed by atoms with Gasteiger partial charge in [-0.3, -0.25) is 4.79 Å². The van der Waals surface area contributed by atoms with Gasteiger partial charge in [-0.05, 0) is 63.6 Å². The third kappa shape index (κ3) is 4.20. The minimum Gasteiger partial charge on any atom is -0.493 e. The number of carbonyl (C=O) groups excluding carboxylic acids is 2. The summed E-state index contributed by atoms with van der Waals surface area (Å²) in [5.74, 6) is 0.722. The minimum absolute atomic E-state index is 0.197. The second kappa shape index (κ2) is 8.77. The number of hydrogen-bond acceptors (Lipinski definition) is 7. The largest absolute Gasteiger partial charge is 0.493 e. The van der Waals surface area contributed by atoms with Crippen LogP contribution in [0.4, 0.5) is 0 Å². The highest BCUT2D eigenvalue weighted by Crippen LogP contribution is 2.36. The molecule has 4 rings (SSSR count). The first-order valence-electron chi connectivity index (χ1n) is 10.9. The zero-order valence-corrected chi connectivity index (χ0v) is 18.4. The van der Waals surface area contributed by atoms with Crippen LogP contribution in [0, 0.1) is 0 Å². The summed E-state index contributed by atoms with van der Waals surface area (Å²) in [6.45, 7) is 2.23. The van der Waals surface area contributed by atoms with Crippen molar-refractivity contribution in [3.8, 4) is 11.5 Å². The van der Waals surface area contributed by atoms with Crippen LogP contribution in [-0.4, -0.2) is 61.0 Å². The lowest BCUT2D eigenvalue weighted by atomic mass is 9.94. The summed E-state index contributed by atoms with van der Waals surface area (Å²) in [6, 6.07) is 5.09. The smallest absolute Gasteiger partial charge is 0.328 e. The zero-order chi connectivity index (χ0) is 22.0. The predicted octanol–water partition coefficient (Wildman–Crippen LogP) is 3.06. The van der Waals surface area contributed by atoms with Crippen molar-refractivity contribution in [2.45, 2.75) is 69.6 Å². The molecule has 1 aromatic carbocycles. The first-order valence-corrected chi connectivity index (χ1v) is 10.9. The van der Waals surface area contributed by atoms with E-state index in [9.17, 15) is 9.59 Å². The monoisotopic (exact) mass is 430 g/mol. The third-order valence-corrected chi connectivity index (χ3v) is 6.39. The van der Waals surface area contributed by atoms with E-state index in [1.807, 2.05) is 18.2 Å². The maximum atomic E-state index is 13.2. The number of carbonyl (C=O) groups is 2. The number of methoxy groups -OCH3 is 2. The fourth-order valence-electron chi connectivity index (χ4n) is 4.64. The van der Waals surface area contributed by atoms with Crippen molar-refractivity contribution >= 4 is 17.6 Å². The number of rotatable bonds is 6. The standard InChI is InChI=1S/C23H30N2O6/c1-23(22(27)25-12-6-9-18(25)21(26)29-3)14-17(24-31-23)15-10-11-19(28-2)20(13-15)30-16-7-4-5-8-16/h10-11,13,16,18H,4-9,12,14H2,1-3H3. The molecule has 0 bridgehead atoms. The van der Waals surface area contributed by atoms with Crippen LogP contribution in [0.5, 0.6) is 11.5 Å². The second-order valence-corrected chi connectivity index (χ2v) is 8.61. The number of nitrogens with zero attached hydrogens (tertiary/aromatic N) is 2. The SMILES string of the molecule is COC(=O)C1CCCN1C(=O)C1(C)CC(c2ccc(OC)c(OC3CCCC3)c2)=NO1. The van der Waals surface area contributed by atoms with E-state index in [1.54, 1.807) is 18.9 Å². The molecule has 0 spiro atoms. The first kappa shape index (κ1) is 21.5. The molecular weight excluding hydrogens is 400 g/mol. The van der Waals surface area contributed by atoms with Crippen LogP contribution in [0.25, 0.3) is 0 Å². The fraction of sp³-hybridized carbons (Fsp3) is 0.609. The Morgan fingerprint density at radius 1 is 1.13 bits per heavy atom. The summed E-state index contributed by atoms with van der Waals surface area (Å²) >= 11 is 0. The molecule has 2 heterocycles. The molecule has 1 saturated heterocycles. The van der Waals surface area contributed by atoms with Gasteiger partial charge in [0.2, 0.25) is 5.60 Å². The Hall–Kier alpha value is -2.77. The molecule has 0 aromatic heterocycles. The summed E-state index contributed by atoms with van der Waals surface area (Å²) in [6.07, 6.45) is 6.31. The number of amides is 1. The van der Waals surface area contributed by atoms with Gasteiger partial charge in [0.15, 0.2) is 11.5 Å². The van der Waals surface area contributed by atoms with Gasteiger partial charge in [0.1, 0.15) is 6.04 Å². The highest BCUT2D eigenvalue weighted by atomic mass is 16.7. The van der Waals surface area contributed by atoms with Gasteiger partial charge in [0, 0.05) is 18.5 Å². The van der Waals surface area contributed by atoms with E-state index in [0.29, 0.717) is 36.6 Å². The lowest BCUT2D eigenvalue weighted by Crippen LogP contribution is -2.51. The fourth-order valence-corrected chi connectivity index (χ4v) is 4.64. The van der Waals surface area contributed by atoms with Gasteiger partial charge in [0.05, 0.1) is 26.0 Å². The maximum absolute atomic E-state index is 13.2. The van der Waals surface area contributed by atoms with Gasteiger partial charge in [-0.25, -0.2) is 4.79 Å². The molecule has 2 fully saturated rings. The number of likely N-dealkylation sites (tertiary alicyclic amines) is 1. The lowest BCUT2D eigenvalue weighted by Gasteiger charge is -2.30. The Morgan fingerprint density at radius 3 is 2.61 bits per heavy atom. The molecule has 1 aliphatic carbocycles. The number of ether oxygens (including phenoxy) is 3. The van der Waals surface area contributed by atoms with E-state index >= 15 is 0 Å². The zero-order valence-electron chi connectivity index (χ0n) is 18.4. The molecule has 31 heavy (non-hydrogen) atoms. The summed E-state index contributed by atoms with van der Waals surface area (Å²) in [4.78, 5) is 32.5. The van der Waals surface area contributed by atoms with E-state index in [0.717, 1.165) is 24.8 Å². The van der Waals surface area contributed by atoms with Crippen LogP contribution in [-0.2, 0) is 19.2 Å². The molecule has 3 aliphatic rings. The highest BCUT2D eigenvalue weighted by molar-refractivity contribution is 6.06. The summed E-state index contributed by atoms with van der Waals surface area (Å²) in [5, 5.41) is 4.23. The molecule has 0 radical (unpaired) electrons. The first-order chi connectivity index (χ1) is 14.9. The Morgan fingerprint density at radius 2 is 1.90 bits per heavy atom. The Labute approximate surface area is 182 Å². The van der Waals surface area contributed by atoms with E-state index < -0.39 is 17.6 Å². The number of oxime groups is 1. The van der Waals surface area contributed by atoms with Crippen molar-refractivity contribution in [1.82, 2.24) is 4.90 Å². The van der Waals surface area contributed by atoms with Crippen LogP contribution < -0.4 is 9.47 Å². The van der Waals surface area contributed by atoms with E-state index in [4.69, 9.17) is 19.0 Å². The Kier molecular flexibility index (Phi) is 6.07. The van der Waals surface area contributed by atoms with Gasteiger partial charge in [-0.2, -0.15) is 0 Å². The Bertz CT molecular complexity index is 879. The van der Waals surface area contributed by atoms with Crippen molar-refractivity contribution < 1.29 is 28.6 Å². The van der Waals surface area contributed by atoms with Gasteiger partial charge in [-0.1, -0.05) is 5.16 Å². The van der Waals surface area contributed by atoms with Crippen molar-refractivity contribution in [1.29, 1.82) is 0 Å². The maximum Gasteiger partial charge on any atom is 0.328 e. The molecule has 2 unspecified atom stereocenters. The molecule has 0 N–H and O–H groups in total. The molecular formula is C23H30N2O6. The van der Waals surface area contributed by atoms with Crippen LogP contribution in [0.15, 0.2) is 23.4 Å². The van der Waals surface area contributed by atoms with Crippen molar-refractivity contribution in [3.05, 3.63) is 23.8 Å². The average molecular weight is 431 g/mol. The normalized spacial score (nSPS) is 25.8. The van der Waals surface area contributed by atoms with Crippen LogP contribution in [0.1, 0.15) is 57.4 Å². The van der Waals surface area contributed by atoms with Crippen molar-refractivity contribution in [3.63, 3.8) is 0 Å². The molecule has 8 heteroatoms. The van der Waals surface area contributed by atoms with Crippen LogP contribution in [0.2, 0.25) is 0 Å². The number of esters is 1. The number of hydrogen-bond donors (Lipinski definition) is 0. The van der Waals surface area contributed by atoms with Crippen molar-refractivity contribution in [2.24, 2.45) is 5.16 Å². The Balaban J connectivity index is 1.49. The molecule has 1 saturated carbocycles. The average Bonchev–Trinajstić information content (AvgIpc) is 3.54. The van der Waals surface area contributed by atoms with Gasteiger partial charge in [-0.15, -0.1) is 0 Å². The minimum atomic E-state index is -1.15. The summed E-state index contributed by atoms with van der Waals surface area (Å²) in [7, 11) is 2.96. The summed E-state index contributed by atoms with van der Waals surface area (Å²) < 4.78 is 16.5. The lowest BCUT2D eigenvalue weighted by molar-refractivity contribution is -0.161. The van der Waals surface area contributed by atoms with E-state index in [2.05, 4.69) is 5.16 Å². The van der Waals surface area contributed by atoms with E-state index in [1.165, 1.54) is 20.0 Å². The predicted molar refractivity (Wildman–Crippen MR) is 113 cm³/mol. The molecule has 2 aliphatic heterocycles. The van der Waals surface area contributed by atoms with Gasteiger partial charge in [0.25, 0.3) is 5.91 Å².